The van der Waals surface area contributed by atoms with E-state index in [2.05, 4.69) is 12.2 Å². The van der Waals surface area contributed by atoms with Crippen molar-refractivity contribution >= 4 is 46.8 Å². The highest BCUT2D eigenvalue weighted by Gasteiger charge is 2.38. The summed E-state index contributed by atoms with van der Waals surface area (Å²) in [5, 5.41) is 11.2. The highest BCUT2D eigenvalue weighted by molar-refractivity contribution is 6.33. The van der Waals surface area contributed by atoms with Crippen LogP contribution in [0.2, 0.25) is 10.0 Å². The van der Waals surface area contributed by atoms with Gasteiger partial charge >= 0.3 is 12.2 Å². The van der Waals surface area contributed by atoms with E-state index in [1.54, 1.807) is 41.5 Å². The van der Waals surface area contributed by atoms with Crippen molar-refractivity contribution in [2.24, 2.45) is 5.41 Å². The number of carboxylic acid groups (broad SMARTS) is 1. The molecule has 0 atom stereocenters. The van der Waals surface area contributed by atoms with Crippen LogP contribution in [0.1, 0.15) is 87.0 Å². The number of benzene rings is 2. The van der Waals surface area contributed by atoms with Crippen LogP contribution in [0.3, 0.4) is 0 Å². The number of ether oxygens (including phenoxy) is 3. The van der Waals surface area contributed by atoms with Gasteiger partial charge in [0.15, 0.2) is 11.6 Å². The molecule has 2 amide bonds. The van der Waals surface area contributed by atoms with Crippen LogP contribution in [0.25, 0.3) is 0 Å². The normalized spacial score (nSPS) is 16.5. The quantitative estimate of drug-likeness (QED) is 0.286. The molecule has 0 spiro atoms. The Bertz CT molecular complexity index is 1420. The molecule has 0 saturated heterocycles. The molecule has 0 radical (unpaired) electrons. The van der Waals surface area contributed by atoms with Gasteiger partial charge in [0.1, 0.15) is 39.4 Å². The van der Waals surface area contributed by atoms with Gasteiger partial charge in [0, 0.05) is 11.0 Å². The summed E-state index contributed by atoms with van der Waals surface area (Å²) in [6.45, 7) is 12.6. The maximum atomic E-state index is 14.6. The third-order valence-corrected chi connectivity index (χ3v) is 8.39. The SMILES string of the molecule is CC(C)(C)OC(=O)Nc1ccc(OCC2(F)CCC2)c(Cl)c1F.CC1(COc2ccc(N(C(=O)O)C(C)(C)C)c(F)c2Cl)CCC1. The van der Waals surface area contributed by atoms with E-state index in [1.165, 1.54) is 30.7 Å². The first-order valence-electron chi connectivity index (χ1n) is 15.1. The molecule has 0 aromatic heterocycles. The number of nitrogens with zero attached hydrogens (tertiary/aromatic N) is 1. The van der Waals surface area contributed by atoms with Gasteiger partial charge in [0.2, 0.25) is 0 Å². The van der Waals surface area contributed by atoms with E-state index in [-0.39, 0.29) is 44.9 Å². The third kappa shape index (κ3) is 9.73. The molecule has 2 saturated carbocycles. The molecule has 0 aliphatic heterocycles. The molecule has 46 heavy (non-hydrogen) atoms. The predicted octanol–water partition coefficient (Wildman–Crippen LogP) is 10.4. The number of anilines is 2. The zero-order valence-corrected chi connectivity index (χ0v) is 28.8. The number of rotatable bonds is 8. The lowest BCUT2D eigenvalue weighted by Gasteiger charge is -2.38. The second kappa shape index (κ2) is 14.4. The summed E-state index contributed by atoms with van der Waals surface area (Å²) in [6.07, 6.45) is 3.02. The zero-order chi connectivity index (χ0) is 34.7. The first-order chi connectivity index (χ1) is 21.1. The van der Waals surface area contributed by atoms with Crippen LogP contribution in [-0.2, 0) is 4.74 Å². The van der Waals surface area contributed by atoms with Crippen molar-refractivity contribution in [1.82, 2.24) is 0 Å². The van der Waals surface area contributed by atoms with E-state index >= 15 is 0 Å². The van der Waals surface area contributed by atoms with Gasteiger partial charge in [-0.3, -0.25) is 10.2 Å². The van der Waals surface area contributed by atoms with Crippen LogP contribution in [0, 0.1) is 17.0 Å². The number of carbonyl (C=O) groups is 2. The van der Waals surface area contributed by atoms with Crippen molar-refractivity contribution in [2.75, 3.05) is 23.4 Å². The largest absolute Gasteiger partial charge is 0.491 e. The van der Waals surface area contributed by atoms with E-state index in [9.17, 15) is 27.9 Å². The fourth-order valence-corrected chi connectivity index (χ4v) is 5.23. The summed E-state index contributed by atoms with van der Waals surface area (Å²) < 4.78 is 58.7. The molecule has 13 heteroatoms. The number of nitrogens with one attached hydrogen (secondary N) is 1. The molecule has 2 aliphatic rings. The smallest absolute Gasteiger partial charge is 0.412 e. The van der Waals surface area contributed by atoms with Crippen LogP contribution in [0.5, 0.6) is 11.5 Å². The highest BCUT2D eigenvalue weighted by atomic mass is 35.5. The third-order valence-electron chi connectivity index (χ3n) is 7.68. The molecule has 2 aliphatic carbocycles. The molecule has 2 aromatic carbocycles. The minimum absolute atomic E-state index is 0.0443. The van der Waals surface area contributed by atoms with Crippen LogP contribution in [-0.4, -0.2) is 47.3 Å². The van der Waals surface area contributed by atoms with Gasteiger partial charge < -0.3 is 19.3 Å². The highest BCUT2D eigenvalue weighted by Crippen LogP contribution is 2.43. The molecule has 8 nitrogen and oxygen atoms in total. The molecule has 2 fully saturated rings. The number of hydrogen-bond donors (Lipinski definition) is 2. The molecular formula is C33H43Cl2F3N2O6. The van der Waals surface area contributed by atoms with Gasteiger partial charge in [-0.1, -0.05) is 36.5 Å². The lowest BCUT2D eigenvalue weighted by Crippen LogP contribution is -2.45. The molecule has 0 unspecified atom stereocenters. The van der Waals surface area contributed by atoms with E-state index in [0.717, 1.165) is 24.2 Å². The minimum Gasteiger partial charge on any atom is -0.491 e. The molecule has 0 bridgehead atoms. The van der Waals surface area contributed by atoms with Gasteiger partial charge in [0.25, 0.3) is 0 Å². The number of alkyl halides is 1. The van der Waals surface area contributed by atoms with Crippen LogP contribution < -0.4 is 19.7 Å². The van der Waals surface area contributed by atoms with Crippen molar-refractivity contribution in [3.63, 3.8) is 0 Å². The Kier molecular flexibility index (Phi) is 11.7. The summed E-state index contributed by atoms with van der Waals surface area (Å²) >= 11 is 12.0. The summed E-state index contributed by atoms with van der Waals surface area (Å²) in [5.41, 5.74) is -2.93. The Labute approximate surface area is 278 Å². The van der Waals surface area contributed by atoms with E-state index in [4.69, 9.17) is 37.4 Å². The van der Waals surface area contributed by atoms with E-state index in [1.807, 2.05) is 0 Å². The average Bonchev–Trinajstić information content (AvgIpc) is 2.89. The Hall–Kier alpha value is -3.05. The Balaban J connectivity index is 0.000000250. The van der Waals surface area contributed by atoms with Gasteiger partial charge in [0.05, 0.1) is 18.0 Å². The number of carbonyl (C=O) groups excluding carboxylic acids is 1. The van der Waals surface area contributed by atoms with E-state index in [0.29, 0.717) is 19.4 Å². The molecular weight excluding hydrogens is 648 g/mol. The van der Waals surface area contributed by atoms with Crippen molar-refractivity contribution in [2.45, 2.75) is 104 Å². The van der Waals surface area contributed by atoms with Crippen molar-refractivity contribution in [1.29, 1.82) is 0 Å². The number of amides is 2. The molecule has 256 valence electrons. The predicted molar refractivity (Wildman–Crippen MR) is 174 cm³/mol. The van der Waals surface area contributed by atoms with Gasteiger partial charge in [-0.05, 0) is 97.9 Å². The summed E-state index contributed by atoms with van der Waals surface area (Å²) in [7, 11) is 0. The lowest BCUT2D eigenvalue weighted by molar-refractivity contribution is 0.0124. The summed E-state index contributed by atoms with van der Waals surface area (Å²) in [6, 6.07) is 5.62. The summed E-state index contributed by atoms with van der Waals surface area (Å²) in [5.74, 6) is -1.33. The number of hydrogen-bond acceptors (Lipinski definition) is 5. The molecule has 2 N–H and O–H groups in total. The molecule has 0 heterocycles. The maximum absolute atomic E-state index is 14.6. The van der Waals surface area contributed by atoms with Crippen LogP contribution in [0.4, 0.5) is 34.1 Å². The Morgan fingerprint density at radius 3 is 1.87 bits per heavy atom. The molecule has 2 aromatic rings. The van der Waals surface area contributed by atoms with Crippen molar-refractivity contribution < 1.29 is 42.1 Å². The monoisotopic (exact) mass is 690 g/mol. The lowest BCUT2D eigenvalue weighted by atomic mass is 9.71. The maximum Gasteiger partial charge on any atom is 0.412 e. The van der Waals surface area contributed by atoms with Crippen molar-refractivity contribution in [3.05, 3.63) is 45.9 Å². The van der Waals surface area contributed by atoms with Crippen LogP contribution in [0.15, 0.2) is 24.3 Å². The Morgan fingerprint density at radius 1 is 0.891 bits per heavy atom. The van der Waals surface area contributed by atoms with Crippen molar-refractivity contribution in [3.8, 4) is 11.5 Å². The second-order valence-electron chi connectivity index (χ2n) is 14.1. The van der Waals surface area contributed by atoms with Gasteiger partial charge in [-0.25, -0.2) is 22.8 Å². The van der Waals surface area contributed by atoms with Gasteiger partial charge in [-0.15, -0.1) is 0 Å². The summed E-state index contributed by atoms with van der Waals surface area (Å²) in [4.78, 5) is 24.1. The average molecular weight is 692 g/mol. The Morgan fingerprint density at radius 2 is 1.41 bits per heavy atom. The fourth-order valence-electron chi connectivity index (χ4n) is 4.80. The second-order valence-corrected chi connectivity index (χ2v) is 14.9. The standard InChI is InChI=1S/C17H23ClFNO3.C16H20ClF2NO3/c1-16(2,3)20(15(21)22)11-6-7-12(13(18)14(11)19)23-10-17(4)8-5-9-17;1-15(2,3)23-14(21)20-10-5-6-11(12(17)13(10)18)22-9-16(19)7-4-8-16/h6-7H,5,8-10H2,1-4H3,(H,21,22);5-6H,4,7-9H2,1-3H3,(H,20,21). The van der Waals surface area contributed by atoms with Gasteiger partial charge in [-0.2, -0.15) is 0 Å². The minimum atomic E-state index is -1.35. The molecule has 4 rings (SSSR count). The zero-order valence-electron chi connectivity index (χ0n) is 27.3. The first-order valence-corrected chi connectivity index (χ1v) is 15.8. The van der Waals surface area contributed by atoms with Crippen LogP contribution >= 0.6 is 23.2 Å². The first kappa shape index (κ1) is 37.4. The van der Waals surface area contributed by atoms with E-state index < -0.39 is 40.6 Å². The fraction of sp³-hybridized carbons (Fsp3) is 0.576. The topological polar surface area (TPSA) is 97.3 Å². The number of halogens is 5.